The fraction of sp³-hybridized carbons (Fsp3) is 0.381. The molecule has 0 aromatic heterocycles. The summed E-state index contributed by atoms with van der Waals surface area (Å²) in [7, 11) is 0. The minimum atomic E-state index is 0.0397. The Morgan fingerprint density at radius 2 is 1.69 bits per heavy atom. The highest BCUT2D eigenvalue weighted by molar-refractivity contribution is 5.94. The van der Waals surface area contributed by atoms with Gasteiger partial charge in [-0.3, -0.25) is 4.79 Å². The van der Waals surface area contributed by atoms with E-state index in [9.17, 15) is 4.79 Å². The van der Waals surface area contributed by atoms with E-state index in [1.807, 2.05) is 24.3 Å². The molecule has 0 radical (unpaired) electrons. The van der Waals surface area contributed by atoms with Crippen molar-refractivity contribution in [3.63, 3.8) is 0 Å². The van der Waals surface area contributed by atoms with Crippen molar-refractivity contribution in [3.05, 3.63) is 60.2 Å². The highest BCUT2D eigenvalue weighted by Gasteiger charge is 2.15. The van der Waals surface area contributed by atoms with Crippen LogP contribution in [0.5, 0.6) is 0 Å². The van der Waals surface area contributed by atoms with Crippen molar-refractivity contribution >= 4 is 17.3 Å². The zero-order valence-corrected chi connectivity index (χ0v) is 15.1. The van der Waals surface area contributed by atoms with Crippen molar-refractivity contribution < 1.29 is 9.53 Å². The smallest absolute Gasteiger partial charge is 0.225 e. The molecule has 1 saturated heterocycles. The van der Waals surface area contributed by atoms with Crippen molar-refractivity contribution in [2.24, 2.45) is 0 Å². The quantitative estimate of drug-likeness (QED) is 0.717. The number of carbonyl (C=O) groups excluding carboxylic acids is 1. The molecule has 0 aliphatic carbocycles. The van der Waals surface area contributed by atoms with E-state index in [4.69, 9.17) is 4.74 Å². The summed E-state index contributed by atoms with van der Waals surface area (Å²) >= 11 is 0. The molecule has 0 saturated carbocycles. The lowest BCUT2D eigenvalue weighted by Crippen LogP contribution is -2.36. The minimum Gasteiger partial charge on any atom is -0.378 e. The number of hydrogen-bond acceptors (Lipinski definition) is 4. The molecule has 0 spiro atoms. The van der Waals surface area contributed by atoms with Crippen LogP contribution in [0.3, 0.4) is 0 Å². The van der Waals surface area contributed by atoms with Gasteiger partial charge in [-0.15, -0.1) is 0 Å². The van der Waals surface area contributed by atoms with Crippen molar-refractivity contribution in [3.8, 4) is 0 Å². The van der Waals surface area contributed by atoms with Gasteiger partial charge in [-0.05, 0) is 30.7 Å². The lowest BCUT2D eigenvalue weighted by Gasteiger charge is -2.30. The van der Waals surface area contributed by atoms with Gasteiger partial charge < -0.3 is 20.3 Å². The molecule has 2 aromatic rings. The standard InChI is InChI=1S/C21H27N3O2/c25-21(11-13-22-12-10-18-6-2-1-3-7-18)23-19-8-4-5-9-20(19)24-14-16-26-17-15-24/h1-9,22H,10-17H2,(H,23,25). The van der Waals surface area contributed by atoms with Crippen LogP contribution in [-0.2, 0) is 16.0 Å². The maximum Gasteiger partial charge on any atom is 0.225 e. The first kappa shape index (κ1) is 18.4. The molecular weight excluding hydrogens is 326 g/mol. The van der Waals surface area contributed by atoms with Crippen LogP contribution in [0.2, 0.25) is 0 Å². The number of nitrogens with one attached hydrogen (secondary N) is 2. The normalized spacial score (nSPS) is 14.2. The molecule has 5 nitrogen and oxygen atoms in total. The van der Waals surface area contributed by atoms with Crippen molar-refractivity contribution in [1.29, 1.82) is 0 Å². The number of hydrogen-bond donors (Lipinski definition) is 2. The fourth-order valence-corrected chi connectivity index (χ4v) is 3.08. The average molecular weight is 353 g/mol. The molecule has 1 aliphatic heterocycles. The van der Waals surface area contributed by atoms with Crippen LogP contribution >= 0.6 is 0 Å². The lowest BCUT2D eigenvalue weighted by molar-refractivity contribution is -0.116. The molecule has 2 N–H and O–H groups in total. The Labute approximate surface area is 155 Å². The third-order valence-electron chi connectivity index (χ3n) is 4.49. The number of anilines is 2. The maximum atomic E-state index is 12.3. The highest BCUT2D eigenvalue weighted by Crippen LogP contribution is 2.26. The summed E-state index contributed by atoms with van der Waals surface area (Å²) < 4.78 is 5.41. The predicted octanol–water partition coefficient (Wildman–Crippen LogP) is 2.68. The Kier molecular flexibility index (Phi) is 7.05. The van der Waals surface area contributed by atoms with Gasteiger partial charge in [0.1, 0.15) is 0 Å². The van der Waals surface area contributed by atoms with Crippen LogP contribution < -0.4 is 15.5 Å². The van der Waals surface area contributed by atoms with Gasteiger partial charge in [0, 0.05) is 26.1 Å². The van der Waals surface area contributed by atoms with Gasteiger partial charge in [-0.25, -0.2) is 0 Å². The van der Waals surface area contributed by atoms with Crippen LogP contribution in [0.15, 0.2) is 54.6 Å². The van der Waals surface area contributed by atoms with Crippen molar-refractivity contribution in [1.82, 2.24) is 5.32 Å². The summed E-state index contributed by atoms with van der Waals surface area (Å²) in [5, 5.41) is 6.40. The van der Waals surface area contributed by atoms with Gasteiger partial charge >= 0.3 is 0 Å². The van der Waals surface area contributed by atoms with Gasteiger partial charge in [0.25, 0.3) is 0 Å². The predicted molar refractivity (Wildman–Crippen MR) is 106 cm³/mol. The van der Waals surface area contributed by atoms with Crippen molar-refractivity contribution in [2.45, 2.75) is 12.8 Å². The van der Waals surface area contributed by atoms with Gasteiger partial charge in [0.15, 0.2) is 0 Å². The second kappa shape index (κ2) is 9.94. The molecule has 1 aliphatic rings. The molecule has 0 unspecified atom stereocenters. The summed E-state index contributed by atoms with van der Waals surface area (Å²) in [6.07, 6.45) is 1.44. The van der Waals surface area contributed by atoms with Crippen LogP contribution in [0.25, 0.3) is 0 Å². The number of benzene rings is 2. The van der Waals surface area contributed by atoms with Crippen LogP contribution in [0, 0.1) is 0 Å². The molecule has 138 valence electrons. The first-order valence-electron chi connectivity index (χ1n) is 9.29. The summed E-state index contributed by atoms with van der Waals surface area (Å²) in [5.41, 5.74) is 3.26. The molecule has 0 bridgehead atoms. The number of rotatable bonds is 8. The largest absolute Gasteiger partial charge is 0.378 e. The molecule has 1 amide bonds. The van der Waals surface area contributed by atoms with E-state index in [-0.39, 0.29) is 5.91 Å². The minimum absolute atomic E-state index is 0.0397. The molecular formula is C21H27N3O2. The number of carbonyl (C=O) groups is 1. The number of amides is 1. The summed E-state index contributed by atoms with van der Waals surface area (Å²) in [6, 6.07) is 18.3. The Bertz CT molecular complexity index is 685. The third kappa shape index (κ3) is 5.58. The number of para-hydroxylation sites is 2. The average Bonchev–Trinajstić information content (AvgIpc) is 2.70. The summed E-state index contributed by atoms with van der Waals surface area (Å²) in [6.45, 7) is 4.73. The van der Waals surface area contributed by atoms with Gasteiger partial charge in [0.05, 0.1) is 24.6 Å². The van der Waals surface area contributed by atoms with E-state index >= 15 is 0 Å². The Balaban J connectivity index is 1.42. The van der Waals surface area contributed by atoms with Crippen LogP contribution in [0.4, 0.5) is 11.4 Å². The van der Waals surface area contributed by atoms with E-state index in [0.717, 1.165) is 50.6 Å². The first-order chi connectivity index (χ1) is 12.8. The molecule has 26 heavy (non-hydrogen) atoms. The zero-order valence-electron chi connectivity index (χ0n) is 15.1. The van der Waals surface area contributed by atoms with Crippen LogP contribution in [0.1, 0.15) is 12.0 Å². The van der Waals surface area contributed by atoms with Gasteiger partial charge in [-0.1, -0.05) is 42.5 Å². The Morgan fingerprint density at radius 3 is 2.50 bits per heavy atom. The second-order valence-electron chi connectivity index (χ2n) is 6.40. The highest BCUT2D eigenvalue weighted by atomic mass is 16.5. The lowest BCUT2D eigenvalue weighted by atomic mass is 10.1. The fourth-order valence-electron chi connectivity index (χ4n) is 3.08. The summed E-state index contributed by atoms with van der Waals surface area (Å²) in [4.78, 5) is 14.5. The molecule has 5 heteroatoms. The van der Waals surface area contributed by atoms with E-state index in [1.54, 1.807) is 0 Å². The zero-order chi connectivity index (χ0) is 18.0. The van der Waals surface area contributed by atoms with Gasteiger partial charge in [-0.2, -0.15) is 0 Å². The molecule has 3 rings (SSSR count). The molecule has 0 atom stereocenters. The monoisotopic (exact) mass is 353 g/mol. The molecule has 1 heterocycles. The second-order valence-corrected chi connectivity index (χ2v) is 6.40. The maximum absolute atomic E-state index is 12.3. The SMILES string of the molecule is O=C(CCNCCc1ccccc1)Nc1ccccc1N1CCOCC1. The van der Waals surface area contributed by atoms with Crippen molar-refractivity contribution in [2.75, 3.05) is 49.6 Å². The number of morpholine rings is 1. The number of nitrogens with zero attached hydrogens (tertiary/aromatic N) is 1. The number of ether oxygens (including phenoxy) is 1. The molecule has 2 aromatic carbocycles. The topological polar surface area (TPSA) is 53.6 Å². The Hall–Kier alpha value is -2.37. The van der Waals surface area contributed by atoms with E-state index in [1.165, 1.54) is 5.56 Å². The molecule has 1 fully saturated rings. The third-order valence-corrected chi connectivity index (χ3v) is 4.49. The van der Waals surface area contributed by atoms with Crippen LogP contribution in [-0.4, -0.2) is 45.3 Å². The Morgan fingerprint density at radius 1 is 0.962 bits per heavy atom. The first-order valence-corrected chi connectivity index (χ1v) is 9.29. The van der Waals surface area contributed by atoms with Gasteiger partial charge in [0.2, 0.25) is 5.91 Å². The van der Waals surface area contributed by atoms with E-state index in [2.05, 4.69) is 45.9 Å². The summed E-state index contributed by atoms with van der Waals surface area (Å²) in [5.74, 6) is 0.0397. The van der Waals surface area contributed by atoms with E-state index in [0.29, 0.717) is 13.0 Å². The van der Waals surface area contributed by atoms with E-state index < -0.39 is 0 Å².